The van der Waals surface area contributed by atoms with E-state index in [1.165, 1.54) is 26.4 Å². The molecule has 8 nitrogen and oxygen atoms in total. The van der Waals surface area contributed by atoms with Gasteiger partial charge in [-0.15, -0.1) is 0 Å². The third kappa shape index (κ3) is 6.53. The summed E-state index contributed by atoms with van der Waals surface area (Å²) in [5.74, 6) is -0.812. The lowest BCUT2D eigenvalue weighted by molar-refractivity contribution is -0.146. The van der Waals surface area contributed by atoms with Crippen molar-refractivity contribution in [2.24, 2.45) is 0 Å². The number of methoxy groups -OCH3 is 2. The number of nitrogens with one attached hydrogen (secondary N) is 2. The molecular weight excluding hydrogens is 376 g/mol. The highest BCUT2D eigenvalue weighted by atomic mass is 16.5. The van der Waals surface area contributed by atoms with Crippen LogP contribution in [-0.2, 0) is 14.3 Å². The molecule has 0 aliphatic rings. The number of anilines is 1. The lowest BCUT2D eigenvalue weighted by Crippen LogP contribution is -2.32. The summed E-state index contributed by atoms with van der Waals surface area (Å²) in [5, 5.41) is 5.08. The van der Waals surface area contributed by atoms with Crippen molar-refractivity contribution in [2.45, 2.75) is 13.8 Å². The zero-order valence-corrected chi connectivity index (χ0v) is 16.8. The van der Waals surface area contributed by atoms with Crippen molar-refractivity contribution in [3.05, 3.63) is 53.1 Å². The van der Waals surface area contributed by atoms with Gasteiger partial charge in [0.2, 0.25) is 0 Å². The van der Waals surface area contributed by atoms with Crippen molar-refractivity contribution in [3.8, 4) is 11.5 Å². The summed E-state index contributed by atoms with van der Waals surface area (Å²) in [6.07, 6.45) is 0. The van der Waals surface area contributed by atoms with E-state index in [2.05, 4.69) is 10.6 Å². The Morgan fingerprint density at radius 1 is 0.897 bits per heavy atom. The molecule has 0 saturated carbocycles. The molecule has 29 heavy (non-hydrogen) atoms. The van der Waals surface area contributed by atoms with Gasteiger partial charge in [0.1, 0.15) is 18.0 Å². The molecule has 0 aromatic heterocycles. The summed E-state index contributed by atoms with van der Waals surface area (Å²) in [5.41, 5.74) is 3.03. The molecule has 0 spiro atoms. The Morgan fingerprint density at radius 2 is 1.55 bits per heavy atom. The van der Waals surface area contributed by atoms with E-state index in [0.717, 1.165) is 11.1 Å². The zero-order chi connectivity index (χ0) is 21.4. The molecule has 0 fully saturated rings. The normalized spacial score (nSPS) is 10.1. The van der Waals surface area contributed by atoms with Crippen molar-refractivity contribution >= 4 is 23.5 Å². The van der Waals surface area contributed by atoms with Crippen LogP contribution >= 0.6 is 0 Å². The second kappa shape index (κ2) is 10.1. The van der Waals surface area contributed by atoms with Crippen molar-refractivity contribution in [1.82, 2.24) is 5.32 Å². The monoisotopic (exact) mass is 400 g/mol. The fraction of sp³-hybridized carbons (Fsp3) is 0.286. The van der Waals surface area contributed by atoms with E-state index in [1.54, 1.807) is 12.1 Å². The van der Waals surface area contributed by atoms with Crippen molar-refractivity contribution in [2.75, 3.05) is 32.7 Å². The highest BCUT2D eigenvalue weighted by Gasteiger charge is 2.13. The second-order valence-electron chi connectivity index (χ2n) is 6.29. The summed E-state index contributed by atoms with van der Waals surface area (Å²) in [6.45, 7) is 3.08. The van der Waals surface area contributed by atoms with E-state index in [4.69, 9.17) is 14.2 Å². The summed E-state index contributed by atoms with van der Waals surface area (Å²) < 4.78 is 15.1. The van der Waals surface area contributed by atoms with E-state index >= 15 is 0 Å². The van der Waals surface area contributed by atoms with Gasteiger partial charge in [0.15, 0.2) is 6.61 Å². The number of rotatable bonds is 8. The van der Waals surface area contributed by atoms with E-state index in [-0.39, 0.29) is 12.1 Å². The Hall–Kier alpha value is -3.55. The Morgan fingerprint density at radius 3 is 2.14 bits per heavy atom. The summed E-state index contributed by atoms with van der Waals surface area (Å²) in [6, 6.07) is 10.1. The van der Waals surface area contributed by atoms with E-state index in [0.29, 0.717) is 17.2 Å². The summed E-state index contributed by atoms with van der Waals surface area (Å²) in [4.78, 5) is 35.9. The molecule has 2 aromatic carbocycles. The first-order valence-electron chi connectivity index (χ1n) is 8.86. The number of hydrogen-bond donors (Lipinski definition) is 2. The minimum absolute atomic E-state index is 0.265. The number of ether oxygens (including phenoxy) is 3. The number of amides is 2. The molecular formula is C21H24N2O6. The molecule has 0 radical (unpaired) electrons. The fourth-order valence-corrected chi connectivity index (χ4v) is 2.41. The lowest BCUT2D eigenvalue weighted by Gasteiger charge is -2.10. The Balaban J connectivity index is 1.81. The highest BCUT2D eigenvalue weighted by Crippen LogP contribution is 2.22. The van der Waals surface area contributed by atoms with Crippen LogP contribution in [0, 0.1) is 13.8 Å². The van der Waals surface area contributed by atoms with Crippen molar-refractivity contribution in [1.29, 1.82) is 0 Å². The Bertz CT molecular complexity index is 888. The molecule has 0 unspecified atom stereocenters. The Kier molecular flexibility index (Phi) is 7.59. The molecule has 0 bridgehead atoms. The van der Waals surface area contributed by atoms with Gasteiger partial charge in [-0.2, -0.15) is 0 Å². The second-order valence-corrected chi connectivity index (χ2v) is 6.29. The van der Waals surface area contributed by atoms with Gasteiger partial charge >= 0.3 is 5.97 Å². The van der Waals surface area contributed by atoms with Gasteiger partial charge in [-0.1, -0.05) is 6.07 Å². The average Bonchev–Trinajstić information content (AvgIpc) is 2.72. The molecule has 2 N–H and O–H groups in total. The minimum Gasteiger partial charge on any atom is -0.497 e. The van der Waals surface area contributed by atoms with Gasteiger partial charge in [0.25, 0.3) is 11.8 Å². The molecule has 2 rings (SSSR count). The van der Waals surface area contributed by atoms with Gasteiger partial charge in [-0.05, 0) is 49.2 Å². The molecule has 0 aliphatic carbocycles. The number of benzene rings is 2. The largest absolute Gasteiger partial charge is 0.497 e. The molecule has 0 atom stereocenters. The number of carbonyl (C=O) groups is 3. The van der Waals surface area contributed by atoms with Crippen LogP contribution in [0.25, 0.3) is 0 Å². The molecule has 0 saturated heterocycles. The molecule has 154 valence electrons. The van der Waals surface area contributed by atoms with Crippen molar-refractivity contribution < 1.29 is 28.6 Å². The van der Waals surface area contributed by atoms with Gasteiger partial charge in [0, 0.05) is 17.3 Å². The van der Waals surface area contributed by atoms with Crippen LogP contribution in [0.2, 0.25) is 0 Å². The Labute approximate surface area is 169 Å². The van der Waals surface area contributed by atoms with Crippen molar-refractivity contribution in [3.63, 3.8) is 0 Å². The number of hydrogen-bond acceptors (Lipinski definition) is 6. The highest BCUT2D eigenvalue weighted by molar-refractivity contribution is 5.97. The zero-order valence-electron chi connectivity index (χ0n) is 16.8. The average molecular weight is 400 g/mol. The van der Waals surface area contributed by atoms with Crippen LogP contribution in [0.5, 0.6) is 11.5 Å². The maximum absolute atomic E-state index is 12.2. The topological polar surface area (TPSA) is 103 Å². The SMILES string of the molecule is COc1cc(OC)cc(C(=O)NCC(=O)OCC(=O)Nc2ccc(C)c(C)c2)c1. The number of carbonyl (C=O) groups excluding carboxylic acids is 3. The number of esters is 1. The molecule has 2 amide bonds. The first-order chi connectivity index (χ1) is 13.8. The van der Waals surface area contributed by atoms with Gasteiger partial charge in [-0.25, -0.2) is 0 Å². The van der Waals surface area contributed by atoms with Crippen LogP contribution in [0.4, 0.5) is 5.69 Å². The predicted octanol–water partition coefficient (Wildman–Crippen LogP) is 2.23. The first kappa shape index (κ1) is 21.7. The van der Waals surface area contributed by atoms with E-state index < -0.39 is 24.4 Å². The van der Waals surface area contributed by atoms with Gasteiger partial charge in [-0.3, -0.25) is 14.4 Å². The minimum atomic E-state index is -0.733. The van der Waals surface area contributed by atoms with Crippen LogP contribution in [0.1, 0.15) is 21.5 Å². The van der Waals surface area contributed by atoms with Crippen LogP contribution in [-0.4, -0.2) is 45.2 Å². The summed E-state index contributed by atoms with van der Waals surface area (Å²) >= 11 is 0. The quantitative estimate of drug-likeness (QED) is 0.659. The van der Waals surface area contributed by atoms with E-state index in [9.17, 15) is 14.4 Å². The first-order valence-corrected chi connectivity index (χ1v) is 8.86. The van der Waals surface area contributed by atoms with Crippen LogP contribution in [0.15, 0.2) is 36.4 Å². The van der Waals surface area contributed by atoms with Crippen LogP contribution in [0.3, 0.4) is 0 Å². The number of aryl methyl sites for hydroxylation is 2. The molecule has 0 aliphatic heterocycles. The van der Waals surface area contributed by atoms with Gasteiger partial charge < -0.3 is 24.8 Å². The molecule has 2 aromatic rings. The molecule has 0 heterocycles. The van der Waals surface area contributed by atoms with E-state index in [1.807, 2.05) is 26.0 Å². The predicted molar refractivity (Wildman–Crippen MR) is 107 cm³/mol. The smallest absolute Gasteiger partial charge is 0.325 e. The van der Waals surface area contributed by atoms with Crippen LogP contribution < -0.4 is 20.1 Å². The van der Waals surface area contributed by atoms with Gasteiger partial charge in [0.05, 0.1) is 14.2 Å². The maximum atomic E-state index is 12.2. The standard InChI is InChI=1S/C21H24N2O6/c1-13-5-6-16(7-14(13)2)23-19(24)12-29-20(25)11-22-21(26)15-8-17(27-3)10-18(9-15)28-4/h5-10H,11-12H2,1-4H3,(H,22,26)(H,23,24). The fourth-order valence-electron chi connectivity index (χ4n) is 2.41. The third-order valence-corrected chi connectivity index (χ3v) is 4.16. The summed E-state index contributed by atoms with van der Waals surface area (Å²) in [7, 11) is 2.94. The lowest BCUT2D eigenvalue weighted by atomic mass is 10.1. The maximum Gasteiger partial charge on any atom is 0.325 e. The third-order valence-electron chi connectivity index (χ3n) is 4.16. The molecule has 8 heteroatoms.